The largest absolute Gasteiger partial charge is 0.482 e. The number of amides is 2. The molecule has 2 rings (SSSR count). The highest BCUT2D eigenvalue weighted by Crippen LogP contribution is 2.25. The number of rotatable bonds is 7. The number of carbonyl (C=O) groups excluding carboxylic acids is 2. The molecule has 2 amide bonds. The van der Waals surface area contributed by atoms with Gasteiger partial charge in [0, 0.05) is 18.7 Å². The van der Waals surface area contributed by atoms with Gasteiger partial charge in [-0.25, -0.2) is 4.39 Å². The van der Waals surface area contributed by atoms with E-state index in [4.69, 9.17) is 22.1 Å². The number of primary amides is 1. The zero-order valence-electron chi connectivity index (χ0n) is 12.7. The van der Waals surface area contributed by atoms with Crippen LogP contribution in [0.1, 0.15) is 6.42 Å². The summed E-state index contributed by atoms with van der Waals surface area (Å²) in [5, 5.41) is 0.0752. The van der Waals surface area contributed by atoms with Crippen LogP contribution in [-0.4, -0.2) is 25.0 Å². The molecule has 0 aromatic heterocycles. The summed E-state index contributed by atoms with van der Waals surface area (Å²) in [6, 6.07) is 12.5. The van der Waals surface area contributed by atoms with Gasteiger partial charge in [-0.05, 0) is 30.3 Å². The number of nitrogens with two attached hydrogens (primary N) is 1. The first-order valence-corrected chi connectivity index (χ1v) is 7.56. The summed E-state index contributed by atoms with van der Waals surface area (Å²) in [6.45, 7) is -0.169. The molecule has 7 heteroatoms. The molecule has 126 valence electrons. The number of hydrogen-bond acceptors (Lipinski definition) is 3. The van der Waals surface area contributed by atoms with Gasteiger partial charge >= 0.3 is 0 Å². The second-order valence-electron chi connectivity index (χ2n) is 4.96. The van der Waals surface area contributed by atoms with Crippen LogP contribution >= 0.6 is 11.6 Å². The van der Waals surface area contributed by atoms with Crippen LogP contribution in [0.2, 0.25) is 5.02 Å². The predicted octanol–water partition coefficient (Wildman–Crippen LogP) is 2.77. The van der Waals surface area contributed by atoms with Gasteiger partial charge in [0.2, 0.25) is 5.91 Å². The highest BCUT2D eigenvalue weighted by atomic mass is 35.5. The monoisotopic (exact) mass is 350 g/mol. The fourth-order valence-corrected chi connectivity index (χ4v) is 2.26. The lowest BCUT2D eigenvalue weighted by molar-refractivity contribution is -0.120. The van der Waals surface area contributed by atoms with E-state index in [2.05, 4.69) is 0 Å². The van der Waals surface area contributed by atoms with E-state index in [0.717, 1.165) is 6.07 Å². The summed E-state index contributed by atoms with van der Waals surface area (Å²) in [5.74, 6) is -1.17. The maximum absolute atomic E-state index is 13.0. The fraction of sp³-hybridized carbons (Fsp3) is 0.176. The van der Waals surface area contributed by atoms with Crippen LogP contribution < -0.4 is 15.4 Å². The van der Waals surface area contributed by atoms with Gasteiger partial charge in [0.05, 0.1) is 5.02 Å². The Morgan fingerprint density at radius 1 is 1.17 bits per heavy atom. The van der Waals surface area contributed by atoms with Crippen molar-refractivity contribution in [3.8, 4) is 5.75 Å². The predicted molar refractivity (Wildman–Crippen MR) is 89.5 cm³/mol. The van der Waals surface area contributed by atoms with Crippen LogP contribution in [0.25, 0.3) is 0 Å². The molecule has 0 spiro atoms. The summed E-state index contributed by atoms with van der Waals surface area (Å²) >= 11 is 5.86. The van der Waals surface area contributed by atoms with Gasteiger partial charge < -0.3 is 15.4 Å². The summed E-state index contributed by atoms with van der Waals surface area (Å²) in [7, 11) is 0. The van der Waals surface area contributed by atoms with Gasteiger partial charge in [-0.1, -0.05) is 29.8 Å². The molecule has 2 aromatic rings. The highest BCUT2D eigenvalue weighted by Gasteiger charge is 2.17. The molecule has 0 radical (unpaired) electrons. The first-order valence-electron chi connectivity index (χ1n) is 7.19. The van der Waals surface area contributed by atoms with E-state index in [0.29, 0.717) is 5.69 Å². The SMILES string of the molecule is NC(=O)CCN(C(=O)COc1ccc(F)cc1Cl)c1ccccc1. The van der Waals surface area contributed by atoms with Gasteiger partial charge in [-0.15, -0.1) is 0 Å². The van der Waals surface area contributed by atoms with Gasteiger partial charge in [0.1, 0.15) is 11.6 Å². The maximum Gasteiger partial charge on any atom is 0.264 e. The number of carbonyl (C=O) groups is 2. The molecule has 0 saturated heterocycles. The zero-order valence-corrected chi connectivity index (χ0v) is 13.5. The molecule has 0 aliphatic heterocycles. The van der Waals surface area contributed by atoms with E-state index < -0.39 is 11.7 Å². The Morgan fingerprint density at radius 3 is 2.50 bits per heavy atom. The first-order chi connectivity index (χ1) is 11.5. The number of hydrogen-bond donors (Lipinski definition) is 1. The summed E-state index contributed by atoms with van der Waals surface area (Å²) in [5.41, 5.74) is 5.78. The van der Waals surface area contributed by atoms with Crippen molar-refractivity contribution in [3.05, 3.63) is 59.4 Å². The maximum atomic E-state index is 13.0. The average Bonchev–Trinajstić information content (AvgIpc) is 2.55. The Balaban J connectivity index is 2.08. The van der Waals surface area contributed by atoms with Crippen molar-refractivity contribution < 1.29 is 18.7 Å². The number of anilines is 1. The summed E-state index contributed by atoms with van der Waals surface area (Å²) in [6.07, 6.45) is 0.0257. The second kappa shape index (κ2) is 8.31. The minimum atomic E-state index is -0.508. The minimum Gasteiger partial charge on any atom is -0.482 e. The number of nitrogens with zero attached hydrogens (tertiary/aromatic N) is 1. The fourth-order valence-electron chi connectivity index (χ4n) is 2.04. The quantitative estimate of drug-likeness (QED) is 0.834. The molecular weight excluding hydrogens is 335 g/mol. The third kappa shape index (κ3) is 4.96. The van der Waals surface area contributed by atoms with Crippen molar-refractivity contribution in [3.63, 3.8) is 0 Å². The lowest BCUT2D eigenvalue weighted by Gasteiger charge is -2.22. The normalized spacial score (nSPS) is 10.2. The molecule has 0 aliphatic rings. The van der Waals surface area contributed by atoms with Crippen LogP contribution in [0, 0.1) is 5.82 Å². The van der Waals surface area contributed by atoms with E-state index in [1.165, 1.54) is 17.0 Å². The molecule has 24 heavy (non-hydrogen) atoms. The van der Waals surface area contributed by atoms with Crippen molar-refractivity contribution in [2.24, 2.45) is 5.73 Å². The Bertz CT molecular complexity index is 725. The Labute approximate surface area is 143 Å². The topological polar surface area (TPSA) is 72.6 Å². The van der Waals surface area contributed by atoms with Crippen LogP contribution in [0.5, 0.6) is 5.75 Å². The standard InChI is InChI=1S/C17H16ClFN2O3/c18-14-10-12(19)6-7-15(14)24-11-17(23)21(9-8-16(20)22)13-4-2-1-3-5-13/h1-7,10H,8-9,11H2,(H2,20,22). The van der Waals surface area contributed by atoms with Crippen molar-refractivity contribution >= 4 is 29.1 Å². The molecule has 0 atom stereocenters. The van der Waals surface area contributed by atoms with Gasteiger partial charge in [-0.3, -0.25) is 9.59 Å². The highest BCUT2D eigenvalue weighted by molar-refractivity contribution is 6.32. The molecule has 0 unspecified atom stereocenters. The molecule has 0 bridgehead atoms. The van der Waals surface area contributed by atoms with E-state index in [-0.39, 0.29) is 36.3 Å². The van der Waals surface area contributed by atoms with Crippen molar-refractivity contribution in [2.75, 3.05) is 18.1 Å². The molecule has 0 heterocycles. The van der Waals surface area contributed by atoms with E-state index >= 15 is 0 Å². The smallest absolute Gasteiger partial charge is 0.264 e. The van der Waals surface area contributed by atoms with Crippen molar-refractivity contribution in [2.45, 2.75) is 6.42 Å². The zero-order chi connectivity index (χ0) is 17.5. The van der Waals surface area contributed by atoms with Gasteiger partial charge in [-0.2, -0.15) is 0 Å². The van der Waals surface area contributed by atoms with E-state index in [9.17, 15) is 14.0 Å². The number of benzene rings is 2. The number of ether oxygens (including phenoxy) is 1. The molecule has 2 aromatic carbocycles. The van der Waals surface area contributed by atoms with Gasteiger partial charge in [0.25, 0.3) is 5.91 Å². The van der Waals surface area contributed by atoms with Gasteiger partial charge in [0.15, 0.2) is 6.61 Å². The lowest BCUT2D eigenvalue weighted by atomic mass is 10.2. The summed E-state index contributed by atoms with van der Waals surface area (Å²) in [4.78, 5) is 24.9. The van der Waals surface area contributed by atoms with Crippen molar-refractivity contribution in [1.82, 2.24) is 0 Å². The van der Waals surface area contributed by atoms with Crippen molar-refractivity contribution in [1.29, 1.82) is 0 Å². The summed E-state index contributed by atoms with van der Waals surface area (Å²) < 4.78 is 18.4. The molecule has 5 nitrogen and oxygen atoms in total. The average molecular weight is 351 g/mol. The Morgan fingerprint density at radius 2 is 1.88 bits per heavy atom. The first kappa shape index (κ1) is 17.7. The lowest BCUT2D eigenvalue weighted by Crippen LogP contribution is -2.37. The Hall–Kier alpha value is -2.60. The third-order valence-corrected chi connectivity index (χ3v) is 3.49. The second-order valence-corrected chi connectivity index (χ2v) is 5.37. The number of para-hydroxylation sites is 1. The molecule has 0 fully saturated rings. The molecule has 0 aliphatic carbocycles. The van der Waals surface area contributed by atoms with Crippen LogP contribution in [0.4, 0.5) is 10.1 Å². The molecule has 2 N–H and O–H groups in total. The van der Waals surface area contributed by atoms with Crippen LogP contribution in [0.3, 0.4) is 0 Å². The molecule has 0 saturated carbocycles. The van der Waals surface area contributed by atoms with Crippen LogP contribution in [0.15, 0.2) is 48.5 Å². The van der Waals surface area contributed by atoms with Crippen LogP contribution in [-0.2, 0) is 9.59 Å². The molecular formula is C17H16ClFN2O3. The third-order valence-electron chi connectivity index (χ3n) is 3.20. The van der Waals surface area contributed by atoms with E-state index in [1.54, 1.807) is 24.3 Å². The number of halogens is 2. The van der Waals surface area contributed by atoms with E-state index in [1.807, 2.05) is 6.07 Å². The Kier molecular flexibility index (Phi) is 6.14. The minimum absolute atomic E-state index is 0.0257.